The summed E-state index contributed by atoms with van der Waals surface area (Å²) >= 11 is 0. The molecule has 0 saturated heterocycles. The highest BCUT2D eigenvalue weighted by Crippen LogP contribution is 2.54. The summed E-state index contributed by atoms with van der Waals surface area (Å²) in [5, 5.41) is 0. The minimum Gasteiger partial charge on any atom is -0.306 e. The van der Waals surface area contributed by atoms with Crippen LogP contribution >= 0.6 is 0 Å². The van der Waals surface area contributed by atoms with Crippen molar-refractivity contribution in [2.24, 2.45) is 0 Å². The van der Waals surface area contributed by atoms with Crippen LogP contribution in [0.3, 0.4) is 0 Å². The van der Waals surface area contributed by atoms with Crippen molar-refractivity contribution in [2.75, 3.05) is 9.80 Å². The minimum absolute atomic E-state index is 0.800. The predicted molar refractivity (Wildman–Crippen MR) is 186 cm³/mol. The smallest absolute Gasteiger partial charge is 0.0994 e. The van der Waals surface area contributed by atoms with Crippen molar-refractivity contribution in [3.8, 4) is 22.3 Å². The summed E-state index contributed by atoms with van der Waals surface area (Å²) < 4.78 is 0. The fourth-order valence-corrected chi connectivity index (χ4v) is 6.64. The molecule has 46 heavy (non-hydrogen) atoms. The number of hydrogen-bond acceptors (Lipinski definition) is 6. The van der Waals surface area contributed by atoms with Gasteiger partial charge < -0.3 is 9.80 Å². The lowest BCUT2D eigenvalue weighted by molar-refractivity contribution is 1.17. The SMILES string of the molecule is c1ccc(-c2c3nccnc3c(-c3ccc(N4c5ccccc5N(c5ccccc5)c5ccccc54)cc3)c3nccnc23)cc1. The van der Waals surface area contributed by atoms with E-state index in [1.165, 1.54) is 0 Å². The third-order valence-electron chi connectivity index (χ3n) is 8.56. The average molecular weight is 591 g/mol. The maximum atomic E-state index is 4.86. The van der Waals surface area contributed by atoms with Crippen molar-refractivity contribution in [3.05, 3.63) is 158 Å². The summed E-state index contributed by atoms with van der Waals surface area (Å²) in [4.78, 5) is 24.0. The van der Waals surface area contributed by atoms with Crippen LogP contribution in [0.1, 0.15) is 0 Å². The van der Waals surface area contributed by atoms with Gasteiger partial charge in [0.05, 0.1) is 44.8 Å². The molecule has 0 unspecified atom stereocenters. The summed E-state index contributed by atoms with van der Waals surface area (Å²) in [6, 6.07) is 46.6. The molecule has 0 atom stereocenters. The first-order valence-corrected chi connectivity index (χ1v) is 15.2. The quantitative estimate of drug-likeness (QED) is 0.190. The molecule has 1 aliphatic heterocycles. The van der Waals surface area contributed by atoms with Crippen LogP contribution in [0.5, 0.6) is 0 Å². The van der Waals surface area contributed by atoms with E-state index in [4.69, 9.17) is 19.9 Å². The van der Waals surface area contributed by atoms with Gasteiger partial charge in [0, 0.05) is 47.3 Å². The standard InChI is InChI=1S/C40H26N6/c1-3-11-27(12-4-1)35-37-39(43-25-23-41-37)36(40-38(35)42-24-26-44-40)28-19-21-30(22-20-28)46-33-17-9-7-15-31(33)45(29-13-5-2-6-14-29)32-16-8-10-18-34(32)46/h1-26H. The number of para-hydroxylation sites is 5. The normalized spacial score (nSPS) is 12.3. The first-order chi connectivity index (χ1) is 22.9. The molecule has 0 aliphatic carbocycles. The Balaban J connectivity index is 1.22. The Morgan fingerprint density at radius 2 is 0.630 bits per heavy atom. The molecular weight excluding hydrogens is 564 g/mol. The zero-order chi connectivity index (χ0) is 30.5. The molecule has 1 aliphatic rings. The third kappa shape index (κ3) is 4.04. The highest BCUT2D eigenvalue weighted by atomic mass is 15.3. The minimum atomic E-state index is 0.800. The first kappa shape index (κ1) is 26.0. The van der Waals surface area contributed by atoms with Crippen molar-refractivity contribution in [1.82, 2.24) is 19.9 Å². The molecule has 0 amide bonds. The van der Waals surface area contributed by atoms with Crippen molar-refractivity contribution in [3.63, 3.8) is 0 Å². The maximum Gasteiger partial charge on any atom is 0.0994 e. The van der Waals surface area contributed by atoms with Crippen LogP contribution in [0.15, 0.2) is 158 Å². The van der Waals surface area contributed by atoms with Crippen LogP contribution in [0.4, 0.5) is 34.1 Å². The Labute approximate surface area is 265 Å². The van der Waals surface area contributed by atoms with Gasteiger partial charge in [-0.2, -0.15) is 0 Å². The van der Waals surface area contributed by atoms with Crippen molar-refractivity contribution >= 4 is 56.2 Å². The third-order valence-corrected chi connectivity index (χ3v) is 8.56. The molecule has 0 fully saturated rings. The molecule has 0 bridgehead atoms. The fraction of sp³-hybridized carbons (Fsp3) is 0. The lowest BCUT2D eigenvalue weighted by Crippen LogP contribution is -2.23. The van der Waals surface area contributed by atoms with E-state index in [2.05, 4.69) is 125 Å². The van der Waals surface area contributed by atoms with Gasteiger partial charge in [-0.1, -0.05) is 84.9 Å². The van der Waals surface area contributed by atoms with Gasteiger partial charge in [-0.15, -0.1) is 0 Å². The van der Waals surface area contributed by atoms with Crippen LogP contribution in [0, 0.1) is 0 Å². The maximum absolute atomic E-state index is 4.86. The van der Waals surface area contributed by atoms with E-state index >= 15 is 0 Å². The topological polar surface area (TPSA) is 58.0 Å². The van der Waals surface area contributed by atoms with Crippen LogP contribution in [-0.2, 0) is 0 Å². The van der Waals surface area contributed by atoms with Crippen molar-refractivity contribution < 1.29 is 0 Å². The van der Waals surface area contributed by atoms with E-state index in [-0.39, 0.29) is 0 Å². The van der Waals surface area contributed by atoms with E-state index in [1.807, 2.05) is 18.2 Å². The summed E-state index contributed by atoms with van der Waals surface area (Å²) in [5.41, 5.74) is 13.8. The van der Waals surface area contributed by atoms with E-state index in [0.29, 0.717) is 0 Å². The highest BCUT2D eigenvalue weighted by Gasteiger charge is 2.30. The van der Waals surface area contributed by atoms with Gasteiger partial charge >= 0.3 is 0 Å². The molecule has 0 radical (unpaired) electrons. The predicted octanol–water partition coefficient (Wildman–Crippen LogP) is 10.2. The highest BCUT2D eigenvalue weighted by molar-refractivity contribution is 6.16. The van der Waals surface area contributed by atoms with Crippen LogP contribution in [-0.4, -0.2) is 19.9 Å². The van der Waals surface area contributed by atoms with Gasteiger partial charge in [-0.25, -0.2) is 0 Å². The fourth-order valence-electron chi connectivity index (χ4n) is 6.64. The molecule has 2 aromatic heterocycles. The lowest BCUT2D eigenvalue weighted by Gasteiger charge is -2.40. The lowest BCUT2D eigenvalue weighted by atomic mass is 9.94. The average Bonchev–Trinajstić information content (AvgIpc) is 3.13. The molecule has 0 spiro atoms. The Bertz CT molecular complexity index is 2270. The Morgan fingerprint density at radius 3 is 1.04 bits per heavy atom. The summed E-state index contributed by atoms with van der Waals surface area (Å²) in [6.07, 6.45) is 6.98. The summed E-state index contributed by atoms with van der Waals surface area (Å²) in [6.45, 7) is 0. The second-order valence-corrected chi connectivity index (χ2v) is 11.2. The number of anilines is 6. The molecule has 6 heteroatoms. The van der Waals surface area contributed by atoms with E-state index in [1.54, 1.807) is 24.8 Å². The zero-order valence-electron chi connectivity index (χ0n) is 24.7. The molecule has 9 rings (SSSR count). The van der Waals surface area contributed by atoms with Gasteiger partial charge in [0.15, 0.2) is 0 Å². The van der Waals surface area contributed by atoms with E-state index in [0.717, 1.165) is 78.4 Å². The molecular formula is C40H26N6. The van der Waals surface area contributed by atoms with Crippen molar-refractivity contribution in [2.45, 2.75) is 0 Å². The molecule has 6 aromatic carbocycles. The number of nitrogens with zero attached hydrogens (tertiary/aromatic N) is 6. The number of aromatic nitrogens is 4. The number of benzene rings is 6. The van der Waals surface area contributed by atoms with Gasteiger partial charge in [-0.3, -0.25) is 19.9 Å². The van der Waals surface area contributed by atoms with Crippen molar-refractivity contribution in [1.29, 1.82) is 0 Å². The molecule has 3 heterocycles. The molecule has 8 aromatic rings. The second kappa shape index (κ2) is 10.6. The zero-order valence-corrected chi connectivity index (χ0v) is 24.7. The largest absolute Gasteiger partial charge is 0.306 e. The molecule has 0 saturated carbocycles. The van der Waals surface area contributed by atoms with Crippen LogP contribution in [0.2, 0.25) is 0 Å². The number of rotatable bonds is 4. The molecule has 216 valence electrons. The van der Waals surface area contributed by atoms with Gasteiger partial charge in [0.25, 0.3) is 0 Å². The molecule has 0 N–H and O–H groups in total. The Kier molecular flexibility index (Phi) is 6.03. The first-order valence-electron chi connectivity index (χ1n) is 15.2. The van der Waals surface area contributed by atoms with Gasteiger partial charge in [0.2, 0.25) is 0 Å². The second-order valence-electron chi connectivity index (χ2n) is 11.2. The number of fused-ring (bicyclic) bond motifs is 4. The number of hydrogen-bond donors (Lipinski definition) is 0. The van der Waals surface area contributed by atoms with Crippen LogP contribution < -0.4 is 9.80 Å². The van der Waals surface area contributed by atoms with E-state index < -0.39 is 0 Å². The van der Waals surface area contributed by atoms with Gasteiger partial charge in [-0.05, 0) is 59.7 Å². The Hall–Kier alpha value is -6.40. The monoisotopic (exact) mass is 590 g/mol. The molecule has 6 nitrogen and oxygen atoms in total. The summed E-state index contributed by atoms with van der Waals surface area (Å²) in [7, 11) is 0. The van der Waals surface area contributed by atoms with Gasteiger partial charge in [0.1, 0.15) is 0 Å². The summed E-state index contributed by atoms with van der Waals surface area (Å²) in [5.74, 6) is 0. The van der Waals surface area contributed by atoms with Crippen LogP contribution in [0.25, 0.3) is 44.3 Å². The van der Waals surface area contributed by atoms with E-state index in [9.17, 15) is 0 Å². The Morgan fingerprint density at radius 1 is 0.304 bits per heavy atom.